The largest absolute Gasteiger partial charge is 0.379 e. The van der Waals surface area contributed by atoms with Gasteiger partial charge < -0.3 is 10.6 Å². The molecule has 0 fully saturated rings. The normalized spacial score (nSPS) is 11.7. The van der Waals surface area contributed by atoms with E-state index in [2.05, 4.69) is 40.0 Å². The maximum atomic E-state index is 12.8. The highest BCUT2D eigenvalue weighted by Gasteiger charge is 2.17. The summed E-state index contributed by atoms with van der Waals surface area (Å²) in [5.74, 6) is -0.283. The van der Waals surface area contributed by atoms with Crippen LogP contribution in [0.2, 0.25) is 0 Å². The second-order valence-electron chi connectivity index (χ2n) is 7.58. The maximum absolute atomic E-state index is 12.8. The molecular formula is C25H25N5O. The number of nitrogens with zero attached hydrogens (tertiary/aromatic N) is 3. The number of hydrogen-bond acceptors (Lipinski definition) is 4. The minimum atomic E-state index is -0.283. The van der Waals surface area contributed by atoms with Crippen LogP contribution in [0.5, 0.6) is 0 Å². The molecular weight excluding hydrogens is 386 g/mol. The third-order valence-electron chi connectivity index (χ3n) is 5.18. The molecule has 1 unspecified atom stereocenters. The second-order valence-corrected chi connectivity index (χ2v) is 7.58. The molecule has 0 aliphatic carbocycles. The van der Waals surface area contributed by atoms with E-state index in [1.54, 1.807) is 4.68 Å². The molecule has 1 amide bonds. The van der Waals surface area contributed by atoms with Crippen LogP contribution in [0.25, 0.3) is 5.69 Å². The van der Waals surface area contributed by atoms with Gasteiger partial charge >= 0.3 is 0 Å². The summed E-state index contributed by atoms with van der Waals surface area (Å²) in [7, 11) is 0. The molecule has 0 aliphatic heterocycles. The lowest BCUT2D eigenvalue weighted by Gasteiger charge is -2.16. The smallest absolute Gasteiger partial charge is 0.278 e. The van der Waals surface area contributed by atoms with Gasteiger partial charge in [0.15, 0.2) is 5.69 Å². The summed E-state index contributed by atoms with van der Waals surface area (Å²) < 4.78 is 1.68. The van der Waals surface area contributed by atoms with Gasteiger partial charge in [0.05, 0.1) is 11.4 Å². The van der Waals surface area contributed by atoms with Crippen molar-refractivity contribution < 1.29 is 4.79 Å². The zero-order valence-corrected chi connectivity index (χ0v) is 17.8. The van der Waals surface area contributed by atoms with Crippen LogP contribution >= 0.6 is 0 Å². The first-order valence-electron chi connectivity index (χ1n) is 10.2. The first kappa shape index (κ1) is 20.3. The van der Waals surface area contributed by atoms with Gasteiger partial charge in [0, 0.05) is 17.4 Å². The van der Waals surface area contributed by atoms with Crippen molar-refractivity contribution >= 4 is 17.3 Å². The molecule has 3 aromatic carbocycles. The van der Waals surface area contributed by atoms with Gasteiger partial charge in [-0.2, -0.15) is 0 Å². The Morgan fingerprint density at radius 2 is 1.61 bits per heavy atom. The van der Waals surface area contributed by atoms with E-state index in [0.29, 0.717) is 17.1 Å². The van der Waals surface area contributed by atoms with Gasteiger partial charge in [0.25, 0.3) is 5.91 Å². The number of aromatic nitrogens is 3. The molecule has 0 aliphatic rings. The Labute approximate surface area is 181 Å². The van der Waals surface area contributed by atoms with Crippen LogP contribution < -0.4 is 10.6 Å². The summed E-state index contributed by atoms with van der Waals surface area (Å²) >= 11 is 0. The number of nitrogens with one attached hydrogen (secondary N) is 2. The Morgan fingerprint density at radius 1 is 0.903 bits per heavy atom. The van der Waals surface area contributed by atoms with Crippen molar-refractivity contribution in [3.63, 3.8) is 0 Å². The lowest BCUT2D eigenvalue weighted by Crippen LogP contribution is -2.14. The number of amides is 1. The standard InChI is InChI=1S/C25H25N5O/c1-17-8-7-11-23(16-17)30-19(3)24(28-29-30)25(31)27-22-14-12-21(13-15-22)26-18(2)20-9-5-4-6-10-20/h4-16,18,26H,1-3H3,(H,27,31). The summed E-state index contributed by atoms with van der Waals surface area (Å²) in [5, 5.41) is 14.6. The van der Waals surface area contributed by atoms with Crippen molar-refractivity contribution in [1.82, 2.24) is 15.0 Å². The number of rotatable bonds is 6. The molecule has 4 rings (SSSR count). The van der Waals surface area contributed by atoms with Crippen molar-refractivity contribution in [3.8, 4) is 5.69 Å². The van der Waals surface area contributed by atoms with Crippen LogP contribution in [-0.2, 0) is 0 Å². The van der Waals surface area contributed by atoms with E-state index >= 15 is 0 Å². The SMILES string of the molecule is Cc1cccc(-n2nnc(C(=O)Nc3ccc(NC(C)c4ccccc4)cc3)c2C)c1. The van der Waals surface area contributed by atoms with E-state index in [4.69, 9.17) is 0 Å². The molecule has 156 valence electrons. The number of aryl methyl sites for hydroxylation is 1. The maximum Gasteiger partial charge on any atom is 0.278 e. The van der Waals surface area contributed by atoms with Crippen LogP contribution in [0.15, 0.2) is 78.9 Å². The van der Waals surface area contributed by atoms with Crippen LogP contribution in [-0.4, -0.2) is 20.9 Å². The molecule has 0 saturated heterocycles. The molecule has 1 atom stereocenters. The first-order chi connectivity index (χ1) is 15.0. The Balaban J connectivity index is 1.43. The molecule has 6 nitrogen and oxygen atoms in total. The van der Waals surface area contributed by atoms with Gasteiger partial charge in [-0.1, -0.05) is 47.7 Å². The second kappa shape index (κ2) is 8.83. The van der Waals surface area contributed by atoms with E-state index in [1.165, 1.54) is 5.56 Å². The monoisotopic (exact) mass is 411 g/mol. The average molecular weight is 412 g/mol. The van der Waals surface area contributed by atoms with Gasteiger partial charge in [-0.3, -0.25) is 4.79 Å². The number of benzene rings is 3. The Bertz CT molecular complexity index is 1180. The van der Waals surface area contributed by atoms with Gasteiger partial charge in [-0.25, -0.2) is 4.68 Å². The number of anilines is 2. The van der Waals surface area contributed by atoms with Gasteiger partial charge in [0.2, 0.25) is 0 Å². The molecule has 1 aromatic heterocycles. The Hall–Kier alpha value is -3.93. The molecule has 0 bridgehead atoms. The van der Waals surface area contributed by atoms with Crippen molar-refractivity contribution in [3.05, 3.63) is 101 Å². The molecule has 0 radical (unpaired) electrons. The summed E-state index contributed by atoms with van der Waals surface area (Å²) in [6.07, 6.45) is 0. The van der Waals surface area contributed by atoms with Crippen LogP contribution in [0.1, 0.15) is 40.3 Å². The quantitative estimate of drug-likeness (QED) is 0.451. The van der Waals surface area contributed by atoms with E-state index in [1.807, 2.05) is 80.6 Å². The number of carbonyl (C=O) groups excluding carboxylic acids is 1. The van der Waals surface area contributed by atoms with Crippen LogP contribution in [0, 0.1) is 13.8 Å². The van der Waals surface area contributed by atoms with Crippen LogP contribution in [0.4, 0.5) is 11.4 Å². The van der Waals surface area contributed by atoms with Crippen molar-refractivity contribution in [1.29, 1.82) is 0 Å². The highest BCUT2D eigenvalue weighted by Crippen LogP contribution is 2.21. The highest BCUT2D eigenvalue weighted by atomic mass is 16.2. The summed E-state index contributed by atoms with van der Waals surface area (Å²) in [6, 6.07) is 26.0. The fourth-order valence-electron chi connectivity index (χ4n) is 3.46. The van der Waals surface area contributed by atoms with E-state index in [0.717, 1.165) is 16.9 Å². The third kappa shape index (κ3) is 4.64. The average Bonchev–Trinajstić information content (AvgIpc) is 3.17. The van der Waals surface area contributed by atoms with Crippen molar-refractivity contribution in [2.24, 2.45) is 0 Å². The zero-order chi connectivity index (χ0) is 21.8. The fraction of sp³-hybridized carbons (Fsp3) is 0.160. The Morgan fingerprint density at radius 3 is 2.32 bits per heavy atom. The predicted molar refractivity (Wildman–Crippen MR) is 124 cm³/mol. The van der Waals surface area contributed by atoms with Gasteiger partial charge in [-0.05, 0) is 68.3 Å². The highest BCUT2D eigenvalue weighted by molar-refractivity contribution is 6.03. The van der Waals surface area contributed by atoms with Crippen molar-refractivity contribution in [2.75, 3.05) is 10.6 Å². The van der Waals surface area contributed by atoms with Crippen molar-refractivity contribution in [2.45, 2.75) is 26.8 Å². The summed E-state index contributed by atoms with van der Waals surface area (Å²) in [6.45, 7) is 5.98. The summed E-state index contributed by atoms with van der Waals surface area (Å²) in [4.78, 5) is 12.8. The third-order valence-corrected chi connectivity index (χ3v) is 5.18. The van der Waals surface area contributed by atoms with E-state index in [-0.39, 0.29) is 11.9 Å². The topological polar surface area (TPSA) is 71.8 Å². The predicted octanol–water partition coefficient (Wildman–Crippen LogP) is 5.31. The minimum Gasteiger partial charge on any atom is -0.379 e. The fourth-order valence-corrected chi connectivity index (χ4v) is 3.46. The van der Waals surface area contributed by atoms with Gasteiger partial charge in [-0.15, -0.1) is 5.10 Å². The molecule has 4 aromatic rings. The number of carbonyl (C=O) groups is 1. The van der Waals surface area contributed by atoms with Crippen LogP contribution in [0.3, 0.4) is 0 Å². The molecule has 1 heterocycles. The lowest BCUT2D eigenvalue weighted by molar-refractivity contribution is 0.102. The first-order valence-corrected chi connectivity index (χ1v) is 10.2. The minimum absolute atomic E-state index is 0.181. The van der Waals surface area contributed by atoms with E-state index < -0.39 is 0 Å². The molecule has 31 heavy (non-hydrogen) atoms. The molecule has 0 saturated carbocycles. The molecule has 2 N–H and O–H groups in total. The molecule has 0 spiro atoms. The van der Waals surface area contributed by atoms with E-state index in [9.17, 15) is 4.79 Å². The summed E-state index contributed by atoms with van der Waals surface area (Å²) in [5.41, 5.74) is 5.90. The lowest BCUT2D eigenvalue weighted by atomic mass is 10.1. The number of hydrogen-bond donors (Lipinski definition) is 2. The molecule has 6 heteroatoms. The Kier molecular flexibility index (Phi) is 5.80. The zero-order valence-electron chi connectivity index (χ0n) is 17.8. The van der Waals surface area contributed by atoms with Gasteiger partial charge in [0.1, 0.15) is 0 Å².